The van der Waals surface area contributed by atoms with Crippen LogP contribution in [0.2, 0.25) is 0 Å². The van der Waals surface area contributed by atoms with E-state index in [1.807, 2.05) is 6.92 Å². The molecule has 0 atom stereocenters. The highest BCUT2D eigenvalue weighted by Crippen LogP contribution is 2.33. The highest BCUT2D eigenvalue weighted by molar-refractivity contribution is 6.06. The van der Waals surface area contributed by atoms with E-state index in [2.05, 4.69) is 5.32 Å². The van der Waals surface area contributed by atoms with Gasteiger partial charge in [-0.05, 0) is 48.7 Å². The van der Waals surface area contributed by atoms with E-state index >= 15 is 0 Å². The lowest BCUT2D eigenvalue weighted by Crippen LogP contribution is -2.39. The van der Waals surface area contributed by atoms with Crippen molar-refractivity contribution in [1.29, 1.82) is 0 Å². The van der Waals surface area contributed by atoms with Crippen LogP contribution in [0.5, 0.6) is 5.75 Å². The number of nitrogens with two attached hydrogens (primary N) is 1. The van der Waals surface area contributed by atoms with Gasteiger partial charge >= 0.3 is 6.03 Å². The standard InChI is InChI=1S/C23H21F2N3O3/c1-13-5-8-16(31-12-17-18(24)3-2-4-19(17)25)10-21(13)28-11-15-7-6-14(22(26)29)9-20(15)27-23(28)30/h3,5-10H,2,4,11-12H2,1H3,(H2,26,29)(H,27,30). The first-order valence-electron chi connectivity index (χ1n) is 9.81. The van der Waals surface area contributed by atoms with Gasteiger partial charge < -0.3 is 15.8 Å². The van der Waals surface area contributed by atoms with Gasteiger partial charge in [-0.25, -0.2) is 13.6 Å². The van der Waals surface area contributed by atoms with Crippen LogP contribution < -0.4 is 20.7 Å². The zero-order chi connectivity index (χ0) is 22.1. The van der Waals surface area contributed by atoms with Gasteiger partial charge in [0.1, 0.15) is 24.0 Å². The summed E-state index contributed by atoms with van der Waals surface area (Å²) in [6.07, 6.45) is 1.85. The summed E-state index contributed by atoms with van der Waals surface area (Å²) in [5.74, 6) is -1.29. The molecule has 2 aromatic rings. The Bertz CT molecular complexity index is 1140. The number of nitrogens with zero attached hydrogens (tertiary/aromatic N) is 1. The maximum atomic E-state index is 13.9. The number of hydrogen-bond donors (Lipinski definition) is 2. The maximum Gasteiger partial charge on any atom is 0.326 e. The van der Waals surface area contributed by atoms with Crippen molar-refractivity contribution in [3.63, 3.8) is 0 Å². The summed E-state index contributed by atoms with van der Waals surface area (Å²) in [7, 11) is 0. The van der Waals surface area contributed by atoms with E-state index in [0.717, 1.165) is 11.1 Å². The molecule has 3 N–H and O–H groups in total. The number of urea groups is 1. The number of carbonyl (C=O) groups excluding carboxylic acids is 2. The normalized spacial score (nSPS) is 15.9. The van der Waals surface area contributed by atoms with Crippen molar-refractivity contribution in [2.45, 2.75) is 26.3 Å². The zero-order valence-electron chi connectivity index (χ0n) is 16.9. The monoisotopic (exact) mass is 425 g/mol. The second kappa shape index (κ2) is 8.22. The molecule has 0 aromatic heterocycles. The van der Waals surface area contributed by atoms with Gasteiger partial charge in [-0.2, -0.15) is 0 Å². The predicted octanol–water partition coefficient (Wildman–Crippen LogP) is 4.90. The number of allylic oxidation sites excluding steroid dienone is 2. The third-order valence-corrected chi connectivity index (χ3v) is 5.37. The van der Waals surface area contributed by atoms with E-state index in [-0.39, 0.29) is 31.2 Å². The number of rotatable bonds is 5. The van der Waals surface area contributed by atoms with Gasteiger partial charge in [0.2, 0.25) is 5.91 Å². The Morgan fingerprint density at radius 2 is 2.03 bits per heavy atom. The van der Waals surface area contributed by atoms with Crippen molar-refractivity contribution in [1.82, 2.24) is 0 Å². The molecule has 4 rings (SSSR count). The van der Waals surface area contributed by atoms with Crippen molar-refractivity contribution >= 4 is 23.3 Å². The van der Waals surface area contributed by atoms with Crippen molar-refractivity contribution in [3.05, 3.63) is 76.4 Å². The molecule has 0 fully saturated rings. The van der Waals surface area contributed by atoms with Crippen LogP contribution in [0.15, 0.2) is 59.7 Å². The maximum absolute atomic E-state index is 13.9. The molecule has 31 heavy (non-hydrogen) atoms. The third-order valence-electron chi connectivity index (χ3n) is 5.37. The van der Waals surface area contributed by atoms with Gasteiger partial charge in [-0.15, -0.1) is 0 Å². The van der Waals surface area contributed by atoms with Crippen LogP contribution in [0.1, 0.15) is 34.3 Å². The molecule has 2 aromatic carbocycles. The molecule has 160 valence electrons. The Hall–Kier alpha value is -3.68. The molecular weight excluding hydrogens is 404 g/mol. The van der Waals surface area contributed by atoms with Crippen LogP contribution in [0, 0.1) is 6.92 Å². The Balaban J connectivity index is 1.56. The number of ether oxygens (including phenoxy) is 1. The number of halogens is 2. The first kappa shape index (κ1) is 20.6. The van der Waals surface area contributed by atoms with Gasteiger partial charge in [-0.1, -0.05) is 12.1 Å². The number of aryl methyl sites for hydroxylation is 1. The predicted molar refractivity (Wildman–Crippen MR) is 113 cm³/mol. The topological polar surface area (TPSA) is 84.7 Å². The highest BCUT2D eigenvalue weighted by Gasteiger charge is 2.26. The molecule has 0 radical (unpaired) electrons. The fourth-order valence-corrected chi connectivity index (χ4v) is 3.61. The molecule has 8 heteroatoms. The van der Waals surface area contributed by atoms with Crippen LogP contribution in [0.3, 0.4) is 0 Å². The van der Waals surface area contributed by atoms with Crippen LogP contribution in [0.4, 0.5) is 25.0 Å². The molecule has 0 unspecified atom stereocenters. The summed E-state index contributed by atoms with van der Waals surface area (Å²) in [5, 5.41) is 2.77. The van der Waals surface area contributed by atoms with E-state index in [1.54, 1.807) is 36.4 Å². The molecule has 2 aliphatic rings. The molecule has 6 nitrogen and oxygen atoms in total. The number of amides is 3. The SMILES string of the molecule is Cc1ccc(OCC2=C(F)CCC=C2F)cc1N1Cc2ccc(C(N)=O)cc2NC1=O. The molecule has 0 saturated carbocycles. The summed E-state index contributed by atoms with van der Waals surface area (Å²) in [4.78, 5) is 25.7. The second-order valence-electron chi connectivity index (χ2n) is 7.46. The van der Waals surface area contributed by atoms with Crippen molar-refractivity contribution in [2.75, 3.05) is 16.8 Å². The summed E-state index contributed by atoms with van der Waals surface area (Å²) >= 11 is 0. The Kier molecular flexibility index (Phi) is 5.46. The fraction of sp³-hybridized carbons (Fsp3) is 0.217. The molecule has 3 amide bonds. The summed E-state index contributed by atoms with van der Waals surface area (Å²) < 4.78 is 33.5. The first-order chi connectivity index (χ1) is 14.8. The van der Waals surface area contributed by atoms with E-state index < -0.39 is 17.6 Å². The van der Waals surface area contributed by atoms with Crippen LogP contribution in [0.25, 0.3) is 0 Å². The van der Waals surface area contributed by atoms with Crippen molar-refractivity contribution in [3.8, 4) is 5.75 Å². The minimum Gasteiger partial charge on any atom is -0.489 e. The number of nitrogens with one attached hydrogen (secondary N) is 1. The van der Waals surface area contributed by atoms with E-state index in [4.69, 9.17) is 10.5 Å². The Labute approximate surface area is 178 Å². The van der Waals surface area contributed by atoms with E-state index in [1.165, 1.54) is 11.0 Å². The highest BCUT2D eigenvalue weighted by atomic mass is 19.1. The van der Waals surface area contributed by atoms with E-state index in [9.17, 15) is 18.4 Å². The number of fused-ring (bicyclic) bond motifs is 1. The van der Waals surface area contributed by atoms with Gasteiger partial charge in [0.15, 0.2) is 0 Å². The number of hydrogen-bond acceptors (Lipinski definition) is 3. The molecule has 1 aliphatic carbocycles. The minimum absolute atomic E-state index is 0.0803. The lowest BCUT2D eigenvalue weighted by atomic mass is 10.0. The van der Waals surface area contributed by atoms with Gasteiger partial charge in [0, 0.05) is 23.7 Å². The van der Waals surface area contributed by atoms with Gasteiger partial charge in [0.25, 0.3) is 0 Å². The first-order valence-corrected chi connectivity index (χ1v) is 9.81. The molecule has 0 bridgehead atoms. The summed E-state index contributed by atoms with van der Waals surface area (Å²) in [6.45, 7) is 1.90. The average molecular weight is 425 g/mol. The number of benzene rings is 2. The Morgan fingerprint density at radius 1 is 1.23 bits per heavy atom. The Morgan fingerprint density at radius 3 is 2.77 bits per heavy atom. The number of carbonyl (C=O) groups is 2. The van der Waals surface area contributed by atoms with Crippen LogP contribution >= 0.6 is 0 Å². The van der Waals surface area contributed by atoms with Crippen LogP contribution in [-0.4, -0.2) is 18.5 Å². The summed E-state index contributed by atoms with van der Waals surface area (Å²) in [5.41, 5.74) is 8.32. The van der Waals surface area contributed by atoms with Crippen molar-refractivity contribution < 1.29 is 23.1 Å². The lowest BCUT2D eigenvalue weighted by Gasteiger charge is -2.31. The minimum atomic E-state index is -0.599. The smallest absolute Gasteiger partial charge is 0.326 e. The largest absolute Gasteiger partial charge is 0.489 e. The molecule has 0 saturated heterocycles. The van der Waals surface area contributed by atoms with Crippen molar-refractivity contribution in [2.24, 2.45) is 5.73 Å². The summed E-state index contributed by atoms with van der Waals surface area (Å²) in [6, 6.07) is 9.67. The van der Waals surface area contributed by atoms with Gasteiger partial charge in [0.05, 0.1) is 17.8 Å². The third kappa shape index (κ3) is 4.14. The van der Waals surface area contributed by atoms with E-state index in [0.29, 0.717) is 29.1 Å². The molecule has 0 spiro atoms. The molecule has 1 aliphatic heterocycles. The lowest BCUT2D eigenvalue weighted by molar-refractivity contribution is 0.1000. The molecule has 1 heterocycles. The average Bonchev–Trinajstić information content (AvgIpc) is 2.73. The number of anilines is 2. The zero-order valence-corrected chi connectivity index (χ0v) is 16.9. The second-order valence-corrected chi connectivity index (χ2v) is 7.46. The molecular formula is C23H21F2N3O3. The quantitative estimate of drug-likeness (QED) is 0.715. The van der Waals surface area contributed by atoms with Crippen LogP contribution in [-0.2, 0) is 6.54 Å². The fourth-order valence-electron chi connectivity index (χ4n) is 3.61. The van der Waals surface area contributed by atoms with Gasteiger partial charge in [-0.3, -0.25) is 9.69 Å². The number of primary amides is 1.